The van der Waals surface area contributed by atoms with Crippen molar-refractivity contribution in [3.8, 4) is 0 Å². The minimum absolute atomic E-state index is 0.229. The topological polar surface area (TPSA) is 32.3 Å². The fourth-order valence-corrected chi connectivity index (χ4v) is 1.68. The van der Waals surface area contributed by atoms with Crippen LogP contribution in [0.1, 0.15) is 39.4 Å². The van der Waals surface area contributed by atoms with Gasteiger partial charge in [0.15, 0.2) is 11.6 Å². The van der Waals surface area contributed by atoms with Gasteiger partial charge in [-0.2, -0.15) is 0 Å². The van der Waals surface area contributed by atoms with Crippen LogP contribution < -0.4 is 5.32 Å². The molecule has 0 aliphatic carbocycles. The summed E-state index contributed by atoms with van der Waals surface area (Å²) in [5.74, 6) is -1.40. The van der Waals surface area contributed by atoms with Gasteiger partial charge in [-0.1, -0.05) is 19.9 Å². The molecular formula is C14H21F2NO. The largest absolute Gasteiger partial charge is 0.387 e. The lowest BCUT2D eigenvalue weighted by atomic mass is 10.00. The van der Waals surface area contributed by atoms with E-state index < -0.39 is 17.7 Å². The van der Waals surface area contributed by atoms with Gasteiger partial charge in [0.05, 0.1) is 6.10 Å². The monoisotopic (exact) mass is 257 g/mol. The number of aliphatic hydroxyl groups excluding tert-OH is 1. The molecular weight excluding hydrogens is 236 g/mol. The number of rotatable bonds is 5. The molecule has 0 aliphatic heterocycles. The first kappa shape index (κ1) is 15.1. The number of hydrogen-bond donors (Lipinski definition) is 2. The molecule has 4 heteroatoms. The van der Waals surface area contributed by atoms with Crippen LogP contribution in [-0.4, -0.2) is 17.2 Å². The van der Waals surface area contributed by atoms with Crippen LogP contribution in [0.25, 0.3) is 0 Å². The van der Waals surface area contributed by atoms with E-state index in [2.05, 4.69) is 19.2 Å². The highest BCUT2D eigenvalue weighted by atomic mass is 19.2. The second-order valence-electron chi connectivity index (χ2n) is 5.11. The average Bonchev–Trinajstić information content (AvgIpc) is 2.31. The van der Waals surface area contributed by atoms with Gasteiger partial charge < -0.3 is 10.4 Å². The minimum Gasteiger partial charge on any atom is -0.387 e. The minimum atomic E-state index is -0.935. The first-order valence-electron chi connectivity index (χ1n) is 6.22. The van der Waals surface area contributed by atoms with Crippen LogP contribution in [-0.2, 0) is 0 Å². The van der Waals surface area contributed by atoms with Crippen molar-refractivity contribution < 1.29 is 13.9 Å². The molecule has 0 aliphatic rings. The lowest BCUT2D eigenvalue weighted by molar-refractivity contribution is 0.126. The first-order valence-corrected chi connectivity index (χ1v) is 6.22. The van der Waals surface area contributed by atoms with E-state index in [9.17, 15) is 13.9 Å². The molecule has 18 heavy (non-hydrogen) atoms. The quantitative estimate of drug-likeness (QED) is 0.850. The molecule has 0 radical (unpaired) electrons. The van der Waals surface area contributed by atoms with Crippen LogP contribution in [0.2, 0.25) is 0 Å². The van der Waals surface area contributed by atoms with Gasteiger partial charge in [0.25, 0.3) is 0 Å². The maximum Gasteiger partial charge on any atom is 0.159 e. The summed E-state index contributed by atoms with van der Waals surface area (Å²) in [4.78, 5) is 0. The van der Waals surface area contributed by atoms with Gasteiger partial charge in [-0.25, -0.2) is 8.78 Å². The molecule has 102 valence electrons. The van der Waals surface area contributed by atoms with E-state index in [0.29, 0.717) is 11.5 Å². The molecule has 0 fully saturated rings. The molecule has 0 saturated heterocycles. The Morgan fingerprint density at radius 1 is 1.00 bits per heavy atom. The fourth-order valence-electron chi connectivity index (χ4n) is 1.68. The van der Waals surface area contributed by atoms with E-state index >= 15 is 0 Å². The van der Waals surface area contributed by atoms with Crippen molar-refractivity contribution in [2.75, 3.05) is 0 Å². The molecule has 1 aromatic carbocycles. The van der Waals surface area contributed by atoms with E-state index in [4.69, 9.17) is 0 Å². The molecule has 0 amide bonds. The summed E-state index contributed by atoms with van der Waals surface area (Å²) < 4.78 is 25.9. The second kappa shape index (κ2) is 6.25. The highest BCUT2D eigenvalue weighted by Crippen LogP contribution is 2.20. The Kier molecular flexibility index (Phi) is 5.23. The zero-order chi connectivity index (χ0) is 13.9. The molecule has 0 aromatic heterocycles. The molecule has 3 unspecified atom stereocenters. The lowest BCUT2D eigenvalue weighted by Gasteiger charge is -2.26. The summed E-state index contributed by atoms with van der Waals surface area (Å²) in [5, 5.41) is 13.3. The molecule has 0 saturated carbocycles. The van der Waals surface area contributed by atoms with Gasteiger partial charge in [0.1, 0.15) is 0 Å². The molecule has 3 atom stereocenters. The van der Waals surface area contributed by atoms with Crippen LogP contribution in [0.5, 0.6) is 0 Å². The Balaban J connectivity index is 2.73. The molecule has 0 spiro atoms. The standard InChI is InChI=1S/C14H21F2NO/c1-8(2)9(3)17-10(4)14(18)11-5-6-12(15)13(16)7-11/h5-10,14,17-18H,1-4H3. The highest BCUT2D eigenvalue weighted by molar-refractivity contribution is 5.21. The zero-order valence-corrected chi connectivity index (χ0v) is 11.2. The summed E-state index contributed by atoms with van der Waals surface area (Å²) >= 11 is 0. The number of aliphatic hydroxyl groups is 1. The van der Waals surface area contributed by atoms with Crippen molar-refractivity contribution in [1.29, 1.82) is 0 Å². The van der Waals surface area contributed by atoms with Crippen LogP contribution in [0.4, 0.5) is 8.78 Å². The van der Waals surface area contributed by atoms with Crippen molar-refractivity contribution in [2.24, 2.45) is 5.92 Å². The Hall–Kier alpha value is -1.00. The van der Waals surface area contributed by atoms with Gasteiger partial charge in [0, 0.05) is 12.1 Å². The number of benzene rings is 1. The van der Waals surface area contributed by atoms with Gasteiger partial charge in [-0.15, -0.1) is 0 Å². The van der Waals surface area contributed by atoms with Crippen molar-refractivity contribution in [2.45, 2.75) is 45.9 Å². The third kappa shape index (κ3) is 3.75. The SMILES string of the molecule is CC(C)C(C)NC(C)C(O)c1ccc(F)c(F)c1. The number of halogens is 2. The molecule has 1 aromatic rings. The van der Waals surface area contributed by atoms with Gasteiger partial charge in [-0.3, -0.25) is 0 Å². The molecule has 2 N–H and O–H groups in total. The predicted molar refractivity (Wildman–Crippen MR) is 68.2 cm³/mol. The van der Waals surface area contributed by atoms with Crippen molar-refractivity contribution in [1.82, 2.24) is 5.32 Å². The molecule has 2 nitrogen and oxygen atoms in total. The Morgan fingerprint density at radius 3 is 2.11 bits per heavy atom. The zero-order valence-electron chi connectivity index (χ0n) is 11.2. The van der Waals surface area contributed by atoms with Crippen LogP contribution >= 0.6 is 0 Å². The van der Waals surface area contributed by atoms with Crippen molar-refractivity contribution in [3.05, 3.63) is 35.4 Å². The number of hydrogen-bond acceptors (Lipinski definition) is 2. The van der Waals surface area contributed by atoms with E-state index in [1.807, 2.05) is 13.8 Å². The molecule has 0 heterocycles. The van der Waals surface area contributed by atoms with Crippen LogP contribution in [0.15, 0.2) is 18.2 Å². The summed E-state index contributed by atoms with van der Waals surface area (Å²) in [6, 6.07) is 3.48. The van der Waals surface area contributed by atoms with Crippen LogP contribution in [0.3, 0.4) is 0 Å². The van der Waals surface area contributed by atoms with Gasteiger partial charge in [-0.05, 0) is 37.5 Å². The first-order chi connectivity index (χ1) is 8.32. The normalized spacial score (nSPS) is 16.7. The summed E-state index contributed by atoms with van der Waals surface area (Å²) in [7, 11) is 0. The maximum atomic E-state index is 13.1. The lowest BCUT2D eigenvalue weighted by Crippen LogP contribution is -2.41. The van der Waals surface area contributed by atoms with E-state index in [0.717, 1.165) is 12.1 Å². The Labute approximate surface area is 107 Å². The van der Waals surface area contributed by atoms with Crippen molar-refractivity contribution >= 4 is 0 Å². The van der Waals surface area contributed by atoms with E-state index in [-0.39, 0.29) is 12.1 Å². The molecule has 1 rings (SSSR count). The third-order valence-electron chi connectivity index (χ3n) is 3.28. The van der Waals surface area contributed by atoms with Gasteiger partial charge >= 0.3 is 0 Å². The number of nitrogens with one attached hydrogen (secondary N) is 1. The second-order valence-corrected chi connectivity index (χ2v) is 5.11. The maximum absolute atomic E-state index is 13.1. The smallest absolute Gasteiger partial charge is 0.159 e. The van der Waals surface area contributed by atoms with E-state index in [1.54, 1.807) is 0 Å². The van der Waals surface area contributed by atoms with Gasteiger partial charge in [0.2, 0.25) is 0 Å². The summed E-state index contributed by atoms with van der Waals surface area (Å²) in [6.45, 7) is 8.01. The van der Waals surface area contributed by atoms with Crippen LogP contribution in [0, 0.1) is 17.6 Å². The third-order valence-corrected chi connectivity index (χ3v) is 3.28. The summed E-state index contributed by atoms with van der Waals surface area (Å²) in [5.41, 5.74) is 0.379. The molecule has 0 bridgehead atoms. The Morgan fingerprint density at radius 2 is 1.61 bits per heavy atom. The fraction of sp³-hybridized carbons (Fsp3) is 0.571. The van der Waals surface area contributed by atoms with E-state index in [1.165, 1.54) is 6.07 Å². The average molecular weight is 257 g/mol. The highest BCUT2D eigenvalue weighted by Gasteiger charge is 2.20. The van der Waals surface area contributed by atoms with Crippen molar-refractivity contribution in [3.63, 3.8) is 0 Å². The summed E-state index contributed by atoms with van der Waals surface area (Å²) in [6.07, 6.45) is -0.860. The Bertz CT molecular complexity index is 395. The predicted octanol–water partition coefficient (Wildman–Crippen LogP) is 3.02.